The van der Waals surface area contributed by atoms with Gasteiger partial charge >= 0.3 is 5.97 Å². The first-order chi connectivity index (χ1) is 7.97. The first-order valence-electron chi connectivity index (χ1n) is 5.41. The minimum absolute atomic E-state index is 0.265. The van der Waals surface area contributed by atoms with Gasteiger partial charge in [-0.15, -0.1) is 0 Å². The van der Waals surface area contributed by atoms with Gasteiger partial charge in [-0.1, -0.05) is 22.4 Å². The molecule has 0 bridgehead atoms. The van der Waals surface area contributed by atoms with Crippen molar-refractivity contribution in [2.75, 3.05) is 0 Å². The van der Waals surface area contributed by atoms with Crippen LogP contribution in [0.15, 0.2) is 22.7 Å². The molecular weight excluding hydrogens is 289 g/mol. The van der Waals surface area contributed by atoms with Gasteiger partial charge < -0.3 is 10.8 Å². The summed E-state index contributed by atoms with van der Waals surface area (Å²) in [5, 5.41) is 9.26. The van der Waals surface area contributed by atoms with Crippen LogP contribution in [0.1, 0.15) is 30.9 Å². The van der Waals surface area contributed by atoms with Gasteiger partial charge in [0.1, 0.15) is 5.82 Å². The average molecular weight is 302 g/mol. The average Bonchev–Trinajstić information content (AvgIpc) is 2.19. The van der Waals surface area contributed by atoms with Crippen molar-refractivity contribution >= 4 is 21.9 Å². The number of carboxylic acid groups (broad SMARTS) is 1. The minimum atomic E-state index is -0.998. The number of hydrogen-bond acceptors (Lipinski definition) is 2. The Morgan fingerprint density at radius 1 is 1.53 bits per heavy atom. The molecule has 0 radical (unpaired) electrons. The number of rotatable bonds is 3. The van der Waals surface area contributed by atoms with Crippen molar-refractivity contribution in [1.82, 2.24) is 0 Å². The fourth-order valence-corrected chi connectivity index (χ4v) is 2.64. The predicted molar refractivity (Wildman–Crippen MR) is 64.9 cm³/mol. The number of hydrogen-bond donors (Lipinski definition) is 2. The lowest BCUT2D eigenvalue weighted by atomic mass is 9.62. The van der Waals surface area contributed by atoms with Crippen LogP contribution in [0.25, 0.3) is 0 Å². The highest BCUT2D eigenvalue weighted by Gasteiger charge is 2.50. The van der Waals surface area contributed by atoms with Gasteiger partial charge in [-0.05, 0) is 31.0 Å². The normalized spacial score (nSPS) is 19.5. The van der Waals surface area contributed by atoms with Crippen molar-refractivity contribution in [3.05, 3.63) is 34.1 Å². The van der Waals surface area contributed by atoms with Gasteiger partial charge in [0.15, 0.2) is 0 Å². The zero-order valence-electron chi connectivity index (χ0n) is 9.12. The minimum Gasteiger partial charge on any atom is -0.481 e. The fraction of sp³-hybridized carbons (Fsp3) is 0.417. The van der Waals surface area contributed by atoms with E-state index in [9.17, 15) is 14.3 Å². The third-order valence-corrected chi connectivity index (χ3v) is 4.05. The molecule has 17 heavy (non-hydrogen) atoms. The Kier molecular flexibility index (Phi) is 3.23. The number of nitrogens with two attached hydrogens (primary N) is 1. The van der Waals surface area contributed by atoms with E-state index in [0.29, 0.717) is 17.3 Å². The Balaban J connectivity index is 2.39. The van der Waals surface area contributed by atoms with Gasteiger partial charge in [0.05, 0.1) is 5.41 Å². The molecule has 0 spiro atoms. The van der Waals surface area contributed by atoms with Crippen LogP contribution < -0.4 is 5.73 Å². The summed E-state index contributed by atoms with van der Waals surface area (Å²) in [6.45, 7) is 0. The Bertz CT molecular complexity index is 460. The van der Waals surface area contributed by atoms with Gasteiger partial charge in [0, 0.05) is 16.1 Å². The van der Waals surface area contributed by atoms with Gasteiger partial charge in [0.2, 0.25) is 0 Å². The maximum absolute atomic E-state index is 13.7. The first-order valence-corrected chi connectivity index (χ1v) is 6.20. The van der Waals surface area contributed by atoms with Crippen molar-refractivity contribution in [2.45, 2.75) is 25.3 Å². The van der Waals surface area contributed by atoms with E-state index in [2.05, 4.69) is 15.9 Å². The second kappa shape index (κ2) is 4.38. The van der Waals surface area contributed by atoms with Crippen molar-refractivity contribution in [3.8, 4) is 0 Å². The van der Waals surface area contributed by atoms with Gasteiger partial charge in [-0.3, -0.25) is 4.79 Å². The van der Waals surface area contributed by atoms with Crippen LogP contribution in [0.3, 0.4) is 0 Å². The second-order valence-electron chi connectivity index (χ2n) is 4.46. The Morgan fingerprint density at radius 2 is 2.18 bits per heavy atom. The topological polar surface area (TPSA) is 63.3 Å². The number of benzene rings is 1. The zero-order chi connectivity index (χ0) is 12.6. The van der Waals surface area contributed by atoms with E-state index in [1.165, 1.54) is 6.07 Å². The molecule has 0 saturated heterocycles. The molecule has 1 aliphatic carbocycles. The molecule has 1 aromatic carbocycles. The number of halogens is 2. The summed E-state index contributed by atoms with van der Waals surface area (Å²) < 4.78 is 14.4. The molecule has 1 unspecified atom stereocenters. The summed E-state index contributed by atoms with van der Waals surface area (Å²) in [7, 11) is 0. The smallest absolute Gasteiger partial charge is 0.311 e. The van der Waals surface area contributed by atoms with E-state index in [-0.39, 0.29) is 5.56 Å². The maximum atomic E-state index is 13.7. The predicted octanol–water partition coefficient (Wildman–Crippen LogP) is 2.84. The first kappa shape index (κ1) is 12.5. The van der Waals surface area contributed by atoms with Gasteiger partial charge in [0.25, 0.3) is 0 Å². The standard InChI is InChI=1S/C12H13BrFNO2/c13-7-2-3-9(14)8(6-7)10(15)12(11(16)17)4-1-5-12/h2-3,6,10H,1,4-5,15H2,(H,16,17). The summed E-state index contributed by atoms with van der Waals surface area (Å²) in [6.07, 6.45) is 1.85. The summed E-state index contributed by atoms with van der Waals surface area (Å²) in [4.78, 5) is 11.3. The molecule has 1 saturated carbocycles. The summed E-state index contributed by atoms with van der Waals surface area (Å²) in [5.41, 5.74) is 5.23. The third kappa shape index (κ3) is 1.98. The largest absolute Gasteiger partial charge is 0.481 e. The Hall–Kier alpha value is -0.940. The molecule has 0 aliphatic heterocycles. The van der Waals surface area contributed by atoms with E-state index in [4.69, 9.17) is 5.73 Å². The Labute approximate surface area is 107 Å². The van der Waals surface area contributed by atoms with E-state index < -0.39 is 23.2 Å². The lowest BCUT2D eigenvalue weighted by Crippen LogP contribution is -2.47. The molecule has 2 rings (SSSR count). The number of carbonyl (C=O) groups is 1. The fourth-order valence-electron chi connectivity index (χ4n) is 2.27. The second-order valence-corrected chi connectivity index (χ2v) is 5.37. The van der Waals surface area contributed by atoms with Crippen molar-refractivity contribution in [1.29, 1.82) is 0 Å². The van der Waals surface area contributed by atoms with Crippen LogP contribution >= 0.6 is 15.9 Å². The molecule has 1 fully saturated rings. The molecule has 3 N–H and O–H groups in total. The maximum Gasteiger partial charge on any atom is 0.311 e. The highest BCUT2D eigenvalue weighted by atomic mass is 79.9. The lowest BCUT2D eigenvalue weighted by Gasteiger charge is -2.42. The number of carboxylic acids is 1. The van der Waals surface area contributed by atoms with E-state index in [1.807, 2.05) is 0 Å². The molecule has 5 heteroatoms. The SMILES string of the molecule is NC(c1cc(Br)ccc1F)C1(C(=O)O)CCC1. The summed E-state index contributed by atoms with van der Waals surface area (Å²) in [5.74, 6) is -1.39. The van der Waals surface area contributed by atoms with Gasteiger partial charge in [-0.25, -0.2) is 4.39 Å². The van der Waals surface area contributed by atoms with Crippen LogP contribution in [0.4, 0.5) is 4.39 Å². The third-order valence-electron chi connectivity index (χ3n) is 3.56. The molecule has 92 valence electrons. The van der Waals surface area contributed by atoms with Crippen LogP contribution in [0.5, 0.6) is 0 Å². The van der Waals surface area contributed by atoms with E-state index >= 15 is 0 Å². The van der Waals surface area contributed by atoms with Crippen molar-refractivity contribution < 1.29 is 14.3 Å². The van der Waals surface area contributed by atoms with Crippen LogP contribution in [-0.2, 0) is 4.79 Å². The van der Waals surface area contributed by atoms with Crippen molar-refractivity contribution in [3.63, 3.8) is 0 Å². The molecule has 0 heterocycles. The Morgan fingerprint density at radius 3 is 2.65 bits per heavy atom. The molecular formula is C12H13BrFNO2. The highest BCUT2D eigenvalue weighted by molar-refractivity contribution is 9.10. The molecule has 0 aromatic heterocycles. The molecule has 3 nitrogen and oxygen atoms in total. The van der Waals surface area contributed by atoms with E-state index in [0.717, 1.165) is 6.42 Å². The van der Waals surface area contributed by atoms with Crippen molar-refractivity contribution in [2.24, 2.45) is 11.1 Å². The summed E-state index contributed by atoms with van der Waals surface area (Å²) >= 11 is 3.24. The molecule has 1 aromatic rings. The highest BCUT2D eigenvalue weighted by Crippen LogP contribution is 2.49. The zero-order valence-corrected chi connectivity index (χ0v) is 10.7. The van der Waals surface area contributed by atoms with Gasteiger partial charge in [-0.2, -0.15) is 0 Å². The van der Waals surface area contributed by atoms with Crippen LogP contribution in [-0.4, -0.2) is 11.1 Å². The molecule has 1 atom stereocenters. The van der Waals surface area contributed by atoms with E-state index in [1.54, 1.807) is 12.1 Å². The molecule has 0 amide bonds. The van der Waals surface area contributed by atoms with Crippen LogP contribution in [0.2, 0.25) is 0 Å². The molecule has 1 aliphatic rings. The van der Waals surface area contributed by atoms with Crippen LogP contribution in [0, 0.1) is 11.2 Å². The summed E-state index contributed by atoms with van der Waals surface area (Å²) in [6, 6.07) is 3.63. The monoisotopic (exact) mass is 301 g/mol. The number of aliphatic carboxylic acids is 1. The quantitative estimate of drug-likeness (QED) is 0.902. The lowest BCUT2D eigenvalue weighted by molar-refractivity contribution is -0.156.